The van der Waals surface area contributed by atoms with E-state index >= 15 is 0 Å². The summed E-state index contributed by atoms with van der Waals surface area (Å²) in [6.07, 6.45) is 7.65. The molecule has 110 valence electrons. The molecule has 1 N–H and O–H groups in total. The van der Waals surface area contributed by atoms with E-state index in [1.165, 1.54) is 5.56 Å². The third-order valence-electron chi connectivity index (χ3n) is 5.45. The molecule has 0 spiro atoms. The van der Waals surface area contributed by atoms with E-state index in [0.717, 1.165) is 50.1 Å². The highest BCUT2D eigenvalue weighted by Gasteiger charge is 2.46. The first-order valence-electron chi connectivity index (χ1n) is 7.83. The number of fused-ring (bicyclic) bond motifs is 1. The summed E-state index contributed by atoms with van der Waals surface area (Å²) in [6.45, 7) is 2.29. The van der Waals surface area contributed by atoms with Crippen molar-refractivity contribution in [3.63, 3.8) is 0 Å². The molecule has 20 heavy (non-hydrogen) atoms. The molecule has 2 unspecified atom stereocenters. The molecule has 0 amide bonds. The zero-order valence-corrected chi connectivity index (χ0v) is 12.5. The van der Waals surface area contributed by atoms with Crippen LogP contribution >= 0.6 is 0 Å². The summed E-state index contributed by atoms with van der Waals surface area (Å²) in [7, 11) is 1.76. The maximum atomic E-state index is 11.0. The molecule has 1 fully saturated rings. The molecule has 3 nitrogen and oxygen atoms in total. The Kier molecular flexibility index (Phi) is 3.83. The van der Waals surface area contributed by atoms with Gasteiger partial charge in [-0.1, -0.05) is 13.0 Å². The summed E-state index contributed by atoms with van der Waals surface area (Å²) in [5.41, 5.74) is 2.03. The van der Waals surface area contributed by atoms with Crippen molar-refractivity contribution in [3.05, 3.63) is 29.6 Å². The molecule has 0 aromatic carbocycles. The molecule has 2 atom stereocenters. The Morgan fingerprint density at radius 2 is 2.10 bits per heavy atom. The van der Waals surface area contributed by atoms with Gasteiger partial charge in [0, 0.05) is 24.9 Å². The maximum Gasteiger partial charge on any atom is 0.0943 e. The van der Waals surface area contributed by atoms with E-state index < -0.39 is 6.10 Å². The van der Waals surface area contributed by atoms with Crippen molar-refractivity contribution in [1.29, 1.82) is 0 Å². The number of pyridine rings is 1. The zero-order chi connectivity index (χ0) is 14.2. The minimum absolute atomic E-state index is 0.138. The minimum Gasteiger partial charge on any atom is -0.389 e. The molecule has 3 rings (SSSR count). The van der Waals surface area contributed by atoms with Gasteiger partial charge in [-0.15, -0.1) is 0 Å². The number of aryl methyl sites for hydroxylation is 1. The highest BCUT2D eigenvalue weighted by molar-refractivity contribution is 5.30. The summed E-state index contributed by atoms with van der Waals surface area (Å²) >= 11 is 0. The van der Waals surface area contributed by atoms with Gasteiger partial charge < -0.3 is 9.84 Å². The second-order valence-electron chi connectivity index (χ2n) is 6.59. The predicted octanol–water partition coefficient (Wildman–Crippen LogP) is 3.07. The van der Waals surface area contributed by atoms with Gasteiger partial charge in [0.2, 0.25) is 0 Å². The number of ether oxygens (including phenoxy) is 1. The molecule has 0 bridgehead atoms. The lowest BCUT2D eigenvalue weighted by molar-refractivity contribution is -0.136. The van der Waals surface area contributed by atoms with Crippen molar-refractivity contribution < 1.29 is 9.84 Å². The van der Waals surface area contributed by atoms with Gasteiger partial charge in [0.1, 0.15) is 0 Å². The molecule has 0 radical (unpaired) electrons. The molecule has 2 aliphatic carbocycles. The minimum atomic E-state index is -0.434. The summed E-state index contributed by atoms with van der Waals surface area (Å²) in [4.78, 5) is 4.52. The molecule has 2 aliphatic rings. The first-order chi connectivity index (χ1) is 9.66. The van der Waals surface area contributed by atoms with E-state index in [9.17, 15) is 5.11 Å². The highest BCUT2D eigenvalue weighted by Crippen LogP contribution is 2.44. The molecular formula is C17H25NO2. The van der Waals surface area contributed by atoms with Crippen LogP contribution in [0.4, 0.5) is 0 Å². The van der Waals surface area contributed by atoms with Crippen molar-refractivity contribution in [2.75, 3.05) is 7.11 Å². The third kappa shape index (κ3) is 2.27. The van der Waals surface area contributed by atoms with Gasteiger partial charge in [0.15, 0.2) is 0 Å². The Bertz CT molecular complexity index is 466. The lowest BCUT2D eigenvalue weighted by Gasteiger charge is -2.43. The lowest BCUT2D eigenvalue weighted by Crippen LogP contribution is -2.49. The van der Waals surface area contributed by atoms with Crippen molar-refractivity contribution in [2.24, 2.45) is 5.92 Å². The summed E-state index contributed by atoms with van der Waals surface area (Å²) in [5.74, 6) is 0.888. The highest BCUT2D eigenvalue weighted by atomic mass is 16.5. The zero-order valence-electron chi connectivity index (χ0n) is 12.5. The van der Waals surface area contributed by atoms with E-state index in [1.807, 2.05) is 12.3 Å². The first kappa shape index (κ1) is 14.0. The molecule has 0 saturated heterocycles. The molecular weight excluding hydrogens is 250 g/mol. The van der Waals surface area contributed by atoms with Gasteiger partial charge in [0.25, 0.3) is 0 Å². The van der Waals surface area contributed by atoms with Crippen LogP contribution in [-0.2, 0) is 11.2 Å². The van der Waals surface area contributed by atoms with Crippen molar-refractivity contribution in [1.82, 2.24) is 4.98 Å². The SMILES string of the molecule is COC1(C(O)C2CCc3cccnc32)CCC(C)CC1. The third-order valence-corrected chi connectivity index (χ3v) is 5.45. The molecule has 1 saturated carbocycles. The fourth-order valence-electron chi connectivity index (χ4n) is 3.99. The van der Waals surface area contributed by atoms with Crippen molar-refractivity contribution in [2.45, 2.75) is 63.1 Å². The second-order valence-corrected chi connectivity index (χ2v) is 6.59. The van der Waals surface area contributed by atoms with Crippen LogP contribution < -0.4 is 0 Å². The van der Waals surface area contributed by atoms with E-state index in [2.05, 4.69) is 18.0 Å². The summed E-state index contributed by atoms with van der Waals surface area (Å²) in [6, 6.07) is 4.12. The van der Waals surface area contributed by atoms with Crippen LogP contribution in [0.25, 0.3) is 0 Å². The van der Waals surface area contributed by atoms with Crippen LogP contribution in [0.2, 0.25) is 0 Å². The van der Waals surface area contributed by atoms with Gasteiger partial charge in [-0.25, -0.2) is 0 Å². The van der Waals surface area contributed by atoms with E-state index in [-0.39, 0.29) is 11.5 Å². The van der Waals surface area contributed by atoms with Gasteiger partial charge in [-0.2, -0.15) is 0 Å². The van der Waals surface area contributed by atoms with E-state index in [1.54, 1.807) is 7.11 Å². The van der Waals surface area contributed by atoms with Crippen LogP contribution in [-0.4, -0.2) is 28.9 Å². The van der Waals surface area contributed by atoms with Crippen LogP contribution in [0, 0.1) is 5.92 Å². The number of hydrogen-bond acceptors (Lipinski definition) is 3. The van der Waals surface area contributed by atoms with Crippen LogP contribution in [0.5, 0.6) is 0 Å². The Balaban J connectivity index is 1.83. The van der Waals surface area contributed by atoms with Crippen molar-refractivity contribution >= 4 is 0 Å². The topological polar surface area (TPSA) is 42.4 Å². The van der Waals surface area contributed by atoms with Crippen LogP contribution in [0.15, 0.2) is 18.3 Å². The number of rotatable bonds is 3. The average Bonchev–Trinajstić information content (AvgIpc) is 2.91. The molecule has 0 aliphatic heterocycles. The largest absolute Gasteiger partial charge is 0.389 e. The van der Waals surface area contributed by atoms with E-state index in [0.29, 0.717) is 0 Å². The average molecular weight is 275 g/mol. The quantitative estimate of drug-likeness (QED) is 0.922. The molecule has 3 heteroatoms. The number of aliphatic hydroxyl groups excluding tert-OH is 1. The molecule has 1 heterocycles. The fraction of sp³-hybridized carbons (Fsp3) is 0.706. The van der Waals surface area contributed by atoms with Crippen LogP contribution in [0.1, 0.15) is 56.2 Å². The standard InChI is InChI=1S/C17H25NO2/c1-12-7-9-17(20-2,10-8-12)16(19)14-6-5-13-4-3-11-18-15(13)14/h3-4,11-12,14,16,19H,5-10H2,1-2H3. The number of nitrogens with zero attached hydrogens (tertiary/aromatic N) is 1. The fourth-order valence-corrected chi connectivity index (χ4v) is 3.99. The maximum absolute atomic E-state index is 11.0. The summed E-state index contributed by atoms with van der Waals surface area (Å²) < 4.78 is 5.84. The van der Waals surface area contributed by atoms with E-state index in [4.69, 9.17) is 4.74 Å². The Hall–Kier alpha value is -0.930. The summed E-state index contributed by atoms with van der Waals surface area (Å²) in [5, 5.41) is 11.0. The second kappa shape index (κ2) is 5.45. The van der Waals surface area contributed by atoms with Gasteiger partial charge in [-0.3, -0.25) is 4.98 Å². The monoisotopic (exact) mass is 275 g/mol. The molecule has 1 aromatic rings. The van der Waals surface area contributed by atoms with Crippen LogP contribution in [0.3, 0.4) is 0 Å². The Morgan fingerprint density at radius 1 is 1.35 bits per heavy atom. The lowest BCUT2D eigenvalue weighted by atomic mass is 9.72. The van der Waals surface area contributed by atoms with Gasteiger partial charge in [-0.05, 0) is 56.1 Å². The van der Waals surface area contributed by atoms with Gasteiger partial charge in [0.05, 0.1) is 11.7 Å². The van der Waals surface area contributed by atoms with Crippen molar-refractivity contribution in [3.8, 4) is 0 Å². The van der Waals surface area contributed by atoms with Gasteiger partial charge >= 0.3 is 0 Å². The molecule has 1 aromatic heterocycles. The number of aromatic nitrogens is 1. The first-order valence-corrected chi connectivity index (χ1v) is 7.83. The Labute approximate surface area is 121 Å². The Morgan fingerprint density at radius 3 is 2.80 bits per heavy atom. The number of methoxy groups -OCH3 is 1. The number of aliphatic hydroxyl groups is 1. The predicted molar refractivity (Wildman–Crippen MR) is 78.7 cm³/mol. The number of hydrogen-bond donors (Lipinski definition) is 1. The normalized spacial score (nSPS) is 34.8. The smallest absolute Gasteiger partial charge is 0.0943 e.